The van der Waals surface area contributed by atoms with E-state index in [1.54, 1.807) is 0 Å². The smallest absolute Gasteiger partial charge is 0.148 e. The molecule has 2 aliphatic heterocycles. The number of Topliss-reactive ketones (excluding diaryl/α,β-unsaturated/α-hetero) is 1. The maximum Gasteiger partial charge on any atom is 0.148 e. The van der Waals surface area contributed by atoms with Gasteiger partial charge < -0.3 is 4.90 Å². The van der Waals surface area contributed by atoms with E-state index in [0.717, 1.165) is 26.1 Å². The van der Waals surface area contributed by atoms with Crippen LogP contribution in [0.2, 0.25) is 0 Å². The lowest BCUT2D eigenvalue weighted by molar-refractivity contribution is -0.116. The third kappa shape index (κ3) is 2.97. The van der Waals surface area contributed by atoms with Crippen molar-refractivity contribution in [1.82, 2.24) is 9.80 Å². The van der Waals surface area contributed by atoms with Crippen molar-refractivity contribution in [2.45, 2.75) is 6.42 Å². The Morgan fingerprint density at radius 3 is 2.43 bits per heavy atom. The quantitative estimate of drug-likeness (QED) is 0.674. The van der Waals surface area contributed by atoms with Gasteiger partial charge in [-0.1, -0.05) is 0 Å². The maximum atomic E-state index is 11.0. The van der Waals surface area contributed by atoms with Gasteiger partial charge in [-0.15, -0.1) is 0 Å². The van der Waals surface area contributed by atoms with Gasteiger partial charge in [-0.3, -0.25) is 9.69 Å². The van der Waals surface area contributed by atoms with Crippen LogP contribution in [0.25, 0.3) is 0 Å². The molecule has 0 unspecified atom stereocenters. The van der Waals surface area contributed by atoms with Gasteiger partial charge in [0.1, 0.15) is 5.78 Å². The Kier molecular flexibility index (Phi) is 3.84. The number of ketones is 1. The second-order valence-corrected chi connectivity index (χ2v) is 5.24. The number of rotatable bonds is 3. The summed E-state index contributed by atoms with van der Waals surface area (Å²) in [6, 6.07) is 0. The minimum Gasteiger partial charge on any atom is -0.300 e. The van der Waals surface area contributed by atoms with E-state index in [-0.39, 0.29) is 0 Å². The van der Waals surface area contributed by atoms with Gasteiger partial charge in [0, 0.05) is 50.7 Å². The summed E-state index contributed by atoms with van der Waals surface area (Å²) < 4.78 is 0. The number of carbonyl (C=O) groups is 1. The van der Waals surface area contributed by atoms with Crippen LogP contribution < -0.4 is 0 Å². The number of nitrogens with zero attached hydrogens (tertiary/aromatic N) is 2. The van der Waals surface area contributed by atoms with Crippen LogP contribution in [0.1, 0.15) is 6.42 Å². The van der Waals surface area contributed by atoms with Gasteiger partial charge in [0.2, 0.25) is 0 Å². The third-order valence-corrected chi connectivity index (χ3v) is 3.89. The molecule has 0 aromatic rings. The molecule has 2 rings (SSSR count). The molecule has 0 atom stereocenters. The Hall–Kier alpha value is -0.0600. The van der Waals surface area contributed by atoms with E-state index in [1.165, 1.54) is 24.6 Å². The summed E-state index contributed by atoms with van der Waals surface area (Å²) >= 11 is 2.05. The first kappa shape index (κ1) is 10.5. The summed E-state index contributed by atoms with van der Waals surface area (Å²) in [7, 11) is 0. The first-order valence-electron chi connectivity index (χ1n) is 5.39. The van der Waals surface area contributed by atoms with Crippen molar-refractivity contribution in [2.75, 3.05) is 50.8 Å². The number of hydrogen-bond acceptors (Lipinski definition) is 4. The van der Waals surface area contributed by atoms with Gasteiger partial charge in [-0.2, -0.15) is 11.8 Å². The van der Waals surface area contributed by atoms with E-state index in [0.29, 0.717) is 12.3 Å². The van der Waals surface area contributed by atoms with E-state index in [4.69, 9.17) is 0 Å². The predicted octanol–water partition coefficient (Wildman–Crippen LogP) is 0.310. The Morgan fingerprint density at radius 2 is 1.79 bits per heavy atom. The molecule has 14 heavy (non-hydrogen) atoms. The summed E-state index contributed by atoms with van der Waals surface area (Å²) in [5.41, 5.74) is 0. The molecule has 80 valence electrons. The molecule has 2 heterocycles. The minimum atomic E-state index is 0.416. The molecule has 2 aliphatic rings. The molecule has 0 spiro atoms. The summed E-state index contributed by atoms with van der Waals surface area (Å²) in [5, 5.41) is 0. The first-order valence-corrected chi connectivity index (χ1v) is 6.54. The highest BCUT2D eigenvalue weighted by Gasteiger charge is 2.19. The summed E-state index contributed by atoms with van der Waals surface area (Å²) in [6.07, 6.45) is 0.774. The predicted molar refractivity (Wildman–Crippen MR) is 59.8 cm³/mol. The minimum absolute atomic E-state index is 0.416. The zero-order valence-electron chi connectivity index (χ0n) is 8.57. The van der Waals surface area contributed by atoms with Gasteiger partial charge in [0.25, 0.3) is 0 Å². The van der Waals surface area contributed by atoms with Crippen LogP contribution in [-0.4, -0.2) is 66.4 Å². The lowest BCUT2D eigenvalue weighted by atomic mass is 10.4. The van der Waals surface area contributed by atoms with E-state index >= 15 is 0 Å². The van der Waals surface area contributed by atoms with Crippen LogP contribution in [0.3, 0.4) is 0 Å². The normalized spacial score (nSPS) is 25.9. The van der Waals surface area contributed by atoms with Crippen molar-refractivity contribution >= 4 is 17.5 Å². The lowest BCUT2D eigenvalue weighted by Crippen LogP contribution is -2.38. The van der Waals surface area contributed by atoms with Gasteiger partial charge >= 0.3 is 0 Å². The molecular formula is C10H18N2OS. The fourth-order valence-electron chi connectivity index (χ4n) is 1.99. The summed E-state index contributed by atoms with van der Waals surface area (Å²) in [5.74, 6) is 2.97. The number of hydrogen-bond donors (Lipinski definition) is 0. The highest BCUT2D eigenvalue weighted by Crippen LogP contribution is 2.09. The van der Waals surface area contributed by atoms with Crippen molar-refractivity contribution in [3.05, 3.63) is 0 Å². The summed E-state index contributed by atoms with van der Waals surface area (Å²) in [6.45, 7) is 6.37. The van der Waals surface area contributed by atoms with Gasteiger partial charge in [-0.25, -0.2) is 0 Å². The molecule has 3 nitrogen and oxygen atoms in total. The Balaban J connectivity index is 1.63. The molecule has 2 saturated heterocycles. The molecule has 0 aromatic carbocycles. The van der Waals surface area contributed by atoms with Crippen molar-refractivity contribution in [3.8, 4) is 0 Å². The maximum absolute atomic E-state index is 11.0. The SMILES string of the molecule is O=C1CCN(CCN2CCSCC2)C1. The highest BCUT2D eigenvalue weighted by molar-refractivity contribution is 7.99. The first-order chi connectivity index (χ1) is 6.84. The standard InChI is InChI=1S/C10H18N2OS/c13-10-1-2-12(9-10)4-3-11-5-7-14-8-6-11/h1-9H2. The molecule has 0 saturated carbocycles. The summed E-state index contributed by atoms with van der Waals surface area (Å²) in [4.78, 5) is 15.8. The highest BCUT2D eigenvalue weighted by atomic mass is 32.2. The van der Waals surface area contributed by atoms with Crippen LogP contribution >= 0.6 is 11.8 Å². The van der Waals surface area contributed by atoms with Gasteiger partial charge in [0.15, 0.2) is 0 Å². The van der Waals surface area contributed by atoms with Crippen molar-refractivity contribution < 1.29 is 4.79 Å². The van der Waals surface area contributed by atoms with Crippen LogP contribution in [0.15, 0.2) is 0 Å². The molecule has 0 aromatic heterocycles. The second-order valence-electron chi connectivity index (χ2n) is 4.02. The molecule has 0 bridgehead atoms. The average Bonchev–Trinajstić information content (AvgIpc) is 2.63. The lowest BCUT2D eigenvalue weighted by Gasteiger charge is -2.27. The van der Waals surface area contributed by atoms with Crippen molar-refractivity contribution in [2.24, 2.45) is 0 Å². The number of thioether (sulfide) groups is 1. The number of carbonyl (C=O) groups excluding carboxylic acids is 1. The molecule has 4 heteroatoms. The molecule has 0 aliphatic carbocycles. The van der Waals surface area contributed by atoms with Crippen LogP contribution in [0, 0.1) is 0 Å². The van der Waals surface area contributed by atoms with E-state index in [9.17, 15) is 4.79 Å². The fraction of sp³-hybridized carbons (Fsp3) is 0.900. The molecule has 0 N–H and O–H groups in total. The van der Waals surface area contributed by atoms with Crippen LogP contribution in [-0.2, 0) is 4.79 Å². The van der Waals surface area contributed by atoms with E-state index < -0.39 is 0 Å². The molecule has 0 amide bonds. The van der Waals surface area contributed by atoms with Gasteiger partial charge in [-0.05, 0) is 0 Å². The molecule has 2 fully saturated rings. The van der Waals surface area contributed by atoms with Gasteiger partial charge in [0.05, 0.1) is 6.54 Å². The van der Waals surface area contributed by atoms with E-state index in [1.807, 2.05) is 11.8 Å². The molecular weight excluding hydrogens is 196 g/mol. The Labute approximate surface area is 89.8 Å². The zero-order chi connectivity index (χ0) is 9.80. The number of likely N-dealkylation sites (tertiary alicyclic amines) is 1. The average molecular weight is 214 g/mol. The second kappa shape index (κ2) is 5.14. The largest absolute Gasteiger partial charge is 0.300 e. The zero-order valence-corrected chi connectivity index (χ0v) is 9.39. The monoisotopic (exact) mass is 214 g/mol. The van der Waals surface area contributed by atoms with Crippen molar-refractivity contribution in [3.63, 3.8) is 0 Å². The van der Waals surface area contributed by atoms with E-state index in [2.05, 4.69) is 9.80 Å². The Bertz CT molecular complexity index is 204. The third-order valence-electron chi connectivity index (χ3n) is 2.94. The van der Waals surface area contributed by atoms with Crippen molar-refractivity contribution in [1.29, 1.82) is 0 Å². The Morgan fingerprint density at radius 1 is 1.07 bits per heavy atom. The topological polar surface area (TPSA) is 23.6 Å². The fourth-order valence-corrected chi connectivity index (χ4v) is 2.97. The van der Waals surface area contributed by atoms with Crippen LogP contribution in [0.5, 0.6) is 0 Å². The van der Waals surface area contributed by atoms with Crippen LogP contribution in [0.4, 0.5) is 0 Å². The molecule has 0 radical (unpaired) electrons.